The summed E-state index contributed by atoms with van der Waals surface area (Å²) >= 11 is 0. The molecule has 224 valence electrons. The summed E-state index contributed by atoms with van der Waals surface area (Å²) in [4.78, 5) is 26.2. The minimum atomic E-state index is -4.06. The maximum absolute atomic E-state index is 13.5. The van der Waals surface area contributed by atoms with Crippen LogP contribution in [0.2, 0.25) is 0 Å². The second kappa shape index (κ2) is 13.8. The first-order chi connectivity index (χ1) is 20.6. The first-order valence-corrected chi connectivity index (χ1v) is 14.9. The minimum Gasteiger partial charge on any atom is -0.497 e. The third-order valence-corrected chi connectivity index (χ3v) is 7.91. The van der Waals surface area contributed by atoms with Crippen molar-refractivity contribution in [2.75, 3.05) is 51.4 Å². The highest BCUT2D eigenvalue weighted by Gasteiger charge is 2.21. The van der Waals surface area contributed by atoms with Crippen molar-refractivity contribution in [3.8, 4) is 22.6 Å². The van der Waals surface area contributed by atoms with Gasteiger partial charge in [-0.25, -0.2) is 8.42 Å². The summed E-state index contributed by atoms with van der Waals surface area (Å²) in [5, 5.41) is 6.02. The van der Waals surface area contributed by atoms with Crippen LogP contribution in [0.15, 0.2) is 95.9 Å². The van der Waals surface area contributed by atoms with Crippen LogP contribution in [0.3, 0.4) is 0 Å². The quantitative estimate of drug-likeness (QED) is 0.201. The third kappa shape index (κ3) is 7.83. The molecular formula is C32H34N4O6S. The molecule has 3 N–H and O–H groups in total. The van der Waals surface area contributed by atoms with Crippen molar-refractivity contribution in [2.45, 2.75) is 4.90 Å². The molecule has 0 aliphatic heterocycles. The van der Waals surface area contributed by atoms with Gasteiger partial charge in [0.1, 0.15) is 16.4 Å². The number of hydrogen-bond donors (Lipinski definition) is 3. The molecule has 4 aromatic carbocycles. The van der Waals surface area contributed by atoms with Crippen LogP contribution in [-0.2, 0) is 10.0 Å². The van der Waals surface area contributed by atoms with Gasteiger partial charge in [-0.1, -0.05) is 24.3 Å². The third-order valence-electron chi connectivity index (χ3n) is 6.51. The van der Waals surface area contributed by atoms with Crippen LogP contribution < -0.4 is 24.8 Å². The van der Waals surface area contributed by atoms with E-state index in [2.05, 4.69) is 15.4 Å². The van der Waals surface area contributed by atoms with E-state index in [9.17, 15) is 18.0 Å². The SMILES string of the molecule is COc1ccc(C(=O)NCCNc2cccc(NS(=O)(=O)c3cc(-c4cccc(C(=O)N(C)C)c4)ccc3OC)c2)cc1. The lowest BCUT2D eigenvalue weighted by atomic mass is 10.0. The second-order valence-corrected chi connectivity index (χ2v) is 11.4. The Morgan fingerprint density at radius 2 is 1.44 bits per heavy atom. The molecule has 0 saturated heterocycles. The van der Waals surface area contributed by atoms with Crippen molar-refractivity contribution >= 4 is 33.2 Å². The summed E-state index contributed by atoms with van der Waals surface area (Å²) in [6, 6.07) is 25.5. The fourth-order valence-corrected chi connectivity index (χ4v) is 5.53. The first-order valence-electron chi connectivity index (χ1n) is 13.4. The van der Waals surface area contributed by atoms with Gasteiger partial charge >= 0.3 is 0 Å². The number of carbonyl (C=O) groups is 2. The Morgan fingerprint density at radius 3 is 2.14 bits per heavy atom. The lowest BCUT2D eigenvalue weighted by Gasteiger charge is -2.15. The number of nitrogens with zero attached hydrogens (tertiary/aromatic N) is 1. The topological polar surface area (TPSA) is 126 Å². The predicted octanol–water partition coefficient (Wildman–Crippen LogP) is 4.72. The van der Waals surface area contributed by atoms with Gasteiger partial charge in [0.2, 0.25) is 0 Å². The molecule has 0 bridgehead atoms. The molecule has 4 rings (SSSR count). The zero-order chi connectivity index (χ0) is 31.0. The number of methoxy groups -OCH3 is 2. The number of nitrogens with one attached hydrogen (secondary N) is 3. The van der Waals surface area contributed by atoms with Gasteiger partial charge in [0.15, 0.2) is 0 Å². The summed E-state index contributed by atoms with van der Waals surface area (Å²) in [5.41, 5.74) is 3.33. The Morgan fingerprint density at radius 1 is 0.744 bits per heavy atom. The molecule has 0 atom stereocenters. The van der Waals surface area contributed by atoms with E-state index in [1.54, 1.807) is 100 Å². The molecule has 0 radical (unpaired) electrons. The van der Waals surface area contributed by atoms with Crippen LogP contribution in [0.5, 0.6) is 11.5 Å². The summed E-state index contributed by atoms with van der Waals surface area (Å²) in [6.07, 6.45) is 0. The molecule has 0 saturated carbocycles. The van der Waals surface area contributed by atoms with E-state index >= 15 is 0 Å². The number of carbonyl (C=O) groups excluding carboxylic acids is 2. The largest absolute Gasteiger partial charge is 0.497 e. The van der Waals surface area contributed by atoms with E-state index in [0.717, 1.165) is 0 Å². The number of rotatable bonds is 12. The summed E-state index contributed by atoms with van der Waals surface area (Å²) in [6.45, 7) is 0.773. The average molecular weight is 603 g/mol. The van der Waals surface area contributed by atoms with Crippen LogP contribution in [0.25, 0.3) is 11.1 Å². The van der Waals surface area contributed by atoms with Crippen LogP contribution in [0, 0.1) is 0 Å². The fraction of sp³-hybridized carbons (Fsp3) is 0.188. The molecule has 10 nitrogen and oxygen atoms in total. The molecule has 0 unspecified atom stereocenters. The molecule has 43 heavy (non-hydrogen) atoms. The summed E-state index contributed by atoms with van der Waals surface area (Å²) < 4.78 is 40.2. The number of ether oxygens (including phenoxy) is 2. The van der Waals surface area contributed by atoms with Crippen molar-refractivity contribution < 1.29 is 27.5 Å². The van der Waals surface area contributed by atoms with Gasteiger partial charge in [0.05, 0.1) is 19.9 Å². The van der Waals surface area contributed by atoms with E-state index in [4.69, 9.17) is 9.47 Å². The summed E-state index contributed by atoms with van der Waals surface area (Å²) in [5.74, 6) is 0.484. The highest BCUT2D eigenvalue weighted by atomic mass is 32.2. The minimum absolute atomic E-state index is 0.0450. The highest BCUT2D eigenvalue weighted by molar-refractivity contribution is 7.92. The van der Waals surface area contributed by atoms with Gasteiger partial charge in [-0.2, -0.15) is 0 Å². The normalized spacial score (nSPS) is 10.9. The lowest BCUT2D eigenvalue weighted by Crippen LogP contribution is -2.28. The molecule has 0 aliphatic carbocycles. The number of benzene rings is 4. The summed E-state index contributed by atoms with van der Waals surface area (Å²) in [7, 11) is 2.25. The number of anilines is 2. The van der Waals surface area contributed by atoms with Crippen molar-refractivity contribution in [2.24, 2.45) is 0 Å². The Hall–Kier alpha value is -5.03. The zero-order valence-corrected chi connectivity index (χ0v) is 25.2. The fourth-order valence-electron chi connectivity index (χ4n) is 4.29. The molecule has 0 heterocycles. The average Bonchev–Trinajstić information content (AvgIpc) is 3.02. The van der Waals surface area contributed by atoms with Crippen LogP contribution in [0.1, 0.15) is 20.7 Å². The molecule has 0 fully saturated rings. The van der Waals surface area contributed by atoms with Crippen molar-refractivity contribution in [3.05, 3.63) is 102 Å². The Bertz CT molecular complexity index is 1710. The molecular weight excluding hydrogens is 568 g/mol. The predicted molar refractivity (Wildman–Crippen MR) is 168 cm³/mol. The van der Waals surface area contributed by atoms with Crippen LogP contribution in [0.4, 0.5) is 11.4 Å². The molecule has 11 heteroatoms. The number of sulfonamides is 1. The lowest BCUT2D eigenvalue weighted by molar-refractivity contribution is 0.0827. The number of amides is 2. The second-order valence-electron chi connectivity index (χ2n) is 9.74. The van der Waals surface area contributed by atoms with E-state index in [-0.39, 0.29) is 22.5 Å². The van der Waals surface area contributed by atoms with Crippen molar-refractivity contribution in [1.29, 1.82) is 0 Å². The first kappa shape index (κ1) is 30.9. The van der Waals surface area contributed by atoms with Gasteiger partial charge in [0.25, 0.3) is 21.8 Å². The van der Waals surface area contributed by atoms with Gasteiger partial charge in [-0.3, -0.25) is 14.3 Å². The monoisotopic (exact) mass is 602 g/mol. The van der Waals surface area contributed by atoms with Crippen LogP contribution >= 0.6 is 0 Å². The van der Waals surface area contributed by atoms with Crippen molar-refractivity contribution in [1.82, 2.24) is 10.2 Å². The Balaban J connectivity index is 1.44. The van der Waals surface area contributed by atoms with E-state index in [0.29, 0.717) is 52.5 Å². The van der Waals surface area contributed by atoms with Gasteiger partial charge in [-0.15, -0.1) is 0 Å². The molecule has 0 spiro atoms. The smallest absolute Gasteiger partial charge is 0.265 e. The van der Waals surface area contributed by atoms with E-state index in [1.807, 2.05) is 6.07 Å². The van der Waals surface area contributed by atoms with E-state index < -0.39 is 10.0 Å². The number of hydrogen-bond acceptors (Lipinski definition) is 7. The maximum Gasteiger partial charge on any atom is 0.265 e. The molecule has 0 aliphatic rings. The zero-order valence-electron chi connectivity index (χ0n) is 24.4. The van der Waals surface area contributed by atoms with E-state index in [1.165, 1.54) is 18.1 Å². The maximum atomic E-state index is 13.5. The molecule has 2 amide bonds. The van der Waals surface area contributed by atoms with Gasteiger partial charge in [-0.05, 0) is 77.9 Å². The Labute approximate surface area is 251 Å². The van der Waals surface area contributed by atoms with Gasteiger partial charge in [0, 0.05) is 44.0 Å². The standard InChI is InChI=1S/C32H34N4O6S/c1-36(2)32(38)25-8-5-7-23(19-25)24-13-16-29(42-4)30(20-24)43(39,40)35-27-10-6-9-26(21-27)33-17-18-34-31(37)22-11-14-28(41-3)15-12-22/h5-16,19-21,33,35H,17-18H2,1-4H3,(H,34,37). The van der Waals surface area contributed by atoms with Crippen LogP contribution in [-0.4, -0.2) is 66.5 Å². The van der Waals surface area contributed by atoms with Gasteiger partial charge < -0.3 is 25.0 Å². The Kier molecular flexibility index (Phi) is 9.89. The van der Waals surface area contributed by atoms with Crippen molar-refractivity contribution in [3.63, 3.8) is 0 Å². The molecule has 0 aromatic heterocycles. The highest BCUT2D eigenvalue weighted by Crippen LogP contribution is 2.32. The molecule has 4 aromatic rings.